The first-order valence-corrected chi connectivity index (χ1v) is 5.84. The van der Waals surface area contributed by atoms with E-state index in [1.54, 1.807) is 0 Å². The molecule has 1 aromatic carbocycles. The molecule has 3 nitrogen and oxygen atoms in total. The third-order valence-electron chi connectivity index (χ3n) is 2.83. The van der Waals surface area contributed by atoms with E-state index in [1.165, 1.54) is 0 Å². The summed E-state index contributed by atoms with van der Waals surface area (Å²) < 4.78 is 5.15. The molecule has 0 radical (unpaired) electrons. The zero-order chi connectivity index (χ0) is 12.3. The van der Waals surface area contributed by atoms with Gasteiger partial charge in [-0.15, -0.1) is 0 Å². The summed E-state index contributed by atoms with van der Waals surface area (Å²) in [7, 11) is 0. The summed E-state index contributed by atoms with van der Waals surface area (Å²) in [6.07, 6.45) is 2.19. The minimum absolute atomic E-state index is 0.111. The van der Waals surface area contributed by atoms with Crippen molar-refractivity contribution in [1.82, 2.24) is 0 Å². The van der Waals surface area contributed by atoms with Crippen molar-refractivity contribution in [2.75, 3.05) is 0 Å². The van der Waals surface area contributed by atoms with Crippen molar-refractivity contribution in [3.05, 3.63) is 35.4 Å². The van der Waals surface area contributed by atoms with Crippen LogP contribution in [0.15, 0.2) is 24.3 Å². The van der Waals surface area contributed by atoms with Crippen LogP contribution in [-0.2, 0) is 9.53 Å². The standard InChI is InChI=1S/C14H15NO2/c1-10-2-4-11(5-3-10)12(9-15)8-14(16)17-13-6-7-13/h2-5,12-13H,6-8H2,1H3/t12-/m1/s1. The highest BCUT2D eigenvalue weighted by Crippen LogP contribution is 2.26. The number of hydrogen-bond acceptors (Lipinski definition) is 3. The summed E-state index contributed by atoms with van der Waals surface area (Å²) in [5.41, 5.74) is 2.02. The lowest BCUT2D eigenvalue weighted by Gasteiger charge is -2.09. The number of aryl methyl sites for hydroxylation is 1. The number of ether oxygens (including phenoxy) is 1. The quantitative estimate of drug-likeness (QED) is 0.746. The Labute approximate surface area is 101 Å². The first kappa shape index (κ1) is 11.7. The molecule has 3 heteroatoms. The molecule has 0 N–H and O–H groups in total. The van der Waals surface area contributed by atoms with E-state index in [1.807, 2.05) is 31.2 Å². The van der Waals surface area contributed by atoms with Crippen molar-refractivity contribution in [2.45, 2.75) is 38.2 Å². The molecule has 17 heavy (non-hydrogen) atoms. The molecule has 0 bridgehead atoms. The van der Waals surface area contributed by atoms with Gasteiger partial charge < -0.3 is 4.74 Å². The number of carbonyl (C=O) groups excluding carboxylic acids is 1. The molecular formula is C14H15NO2. The zero-order valence-corrected chi connectivity index (χ0v) is 9.85. The second-order valence-corrected chi connectivity index (χ2v) is 4.49. The van der Waals surface area contributed by atoms with Gasteiger partial charge in [0.05, 0.1) is 18.4 Å². The van der Waals surface area contributed by atoms with Crippen LogP contribution in [0.2, 0.25) is 0 Å². The minimum atomic E-state index is -0.401. The fourth-order valence-corrected chi connectivity index (χ4v) is 1.62. The molecule has 88 valence electrons. The molecular weight excluding hydrogens is 214 g/mol. The van der Waals surface area contributed by atoms with Gasteiger partial charge in [0, 0.05) is 0 Å². The van der Waals surface area contributed by atoms with Gasteiger partial charge in [-0.1, -0.05) is 29.8 Å². The van der Waals surface area contributed by atoms with Gasteiger partial charge in [-0.2, -0.15) is 5.26 Å². The second kappa shape index (κ2) is 5.01. The zero-order valence-electron chi connectivity index (χ0n) is 9.85. The van der Waals surface area contributed by atoms with Gasteiger partial charge >= 0.3 is 5.97 Å². The van der Waals surface area contributed by atoms with Gasteiger partial charge in [-0.25, -0.2) is 0 Å². The molecule has 0 saturated heterocycles. The first-order valence-electron chi connectivity index (χ1n) is 5.84. The lowest BCUT2D eigenvalue weighted by molar-refractivity contribution is -0.145. The molecule has 1 fully saturated rings. The predicted molar refractivity (Wildman–Crippen MR) is 63.3 cm³/mol. The van der Waals surface area contributed by atoms with Gasteiger partial charge in [0.25, 0.3) is 0 Å². The molecule has 0 amide bonds. The van der Waals surface area contributed by atoms with Gasteiger partial charge in [-0.3, -0.25) is 4.79 Å². The third kappa shape index (κ3) is 3.32. The Morgan fingerprint density at radius 2 is 2.12 bits per heavy atom. The summed E-state index contributed by atoms with van der Waals surface area (Å²) in [5, 5.41) is 9.09. The lowest BCUT2D eigenvalue weighted by Crippen LogP contribution is -2.10. The third-order valence-corrected chi connectivity index (χ3v) is 2.83. The Hall–Kier alpha value is -1.82. The van der Waals surface area contributed by atoms with Crippen LogP contribution in [0.5, 0.6) is 0 Å². The maximum Gasteiger partial charge on any atom is 0.307 e. The van der Waals surface area contributed by atoms with Gasteiger partial charge in [-0.05, 0) is 25.3 Å². The van der Waals surface area contributed by atoms with E-state index in [0.717, 1.165) is 24.0 Å². The first-order chi connectivity index (χ1) is 8.19. The van der Waals surface area contributed by atoms with Crippen LogP contribution in [0.3, 0.4) is 0 Å². The minimum Gasteiger partial charge on any atom is -0.462 e. The number of hydrogen-bond donors (Lipinski definition) is 0. The topological polar surface area (TPSA) is 50.1 Å². The van der Waals surface area contributed by atoms with Crippen molar-refractivity contribution in [2.24, 2.45) is 0 Å². The van der Waals surface area contributed by atoms with Crippen LogP contribution in [-0.4, -0.2) is 12.1 Å². The number of nitriles is 1. The SMILES string of the molecule is Cc1ccc([C@@H](C#N)CC(=O)OC2CC2)cc1. The highest BCUT2D eigenvalue weighted by Gasteiger charge is 2.27. The van der Waals surface area contributed by atoms with Crippen LogP contribution in [0, 0.1) is 18.3 Å². The fourth-order valence-electron chi connectivity index (χ4n) is 1.62. The average Bonchev–Trinajstić information content (AvgIpc) is 3.11. The molecule has 0 aromatic heterocycles. The van der Waals surface area contributed by atoms with Crippen LogP contribution in [0.4, 0.5) is 0 Å². The molecule has 0 unspecified atom stereocenters. The van der Waals surface area contributed by atoms with E-state index in [0.29, 0.717) is 0 Å². The van der Waals surface area contributed by atoms with E-state index >= 15 is 0 Å². The van der Waals surface area contributed by atoms with Crippen LogP contribution < -0.4 is 0 Å². The van der Waals surface area contributed by atoms with Crippen molar-refractivity contribution in [3.8, 4) is 6.07 Å². The molecule has 0 aliphatic heterocycles. The van der Waals surface area contributed by atoms with Crippen molar-refractivity contribution in [1.29, 1.82) is 5.26 Å². The van der Waals surface area contributed by atoms with Gasteiger partial charge in [0.1, 0.15) is 6.10 Å². The van der Waals surface area contributed by atoms with Crippen LogP contribution >= 0.6 is 0 Å². The largest absolute Gasteiger partial charge is 0.462 e. The van der Waals surface area contributed by atoms with E-state index in [-0.39, 0.29) is 18.5 Å². The molecule has 1 saturated carbocycles. The van der Waals surface area contributed by atoms with E-state index in [4.69, 9.17) is 10.00 Å². The maximum absolute atomic E-state index is 11.5. The Bertz CT molecular complexity index is 440. The number of rotatable bonds is 4. The van der Waals surface area contributed by atoms with Crippen molar-refractivity contribution >= 4 is 5.97 Å². The number of benzene rings is 1. The second-order valence-electron chi connectivity index (χ2n) is 4.49. The lowest BCUT2D eigenvalue weighted by atomic mass is 9.96. The van der Waals surface area contributed by atoms with E-state index in [9.17, 15) is 4.79 Å². The molecule has 0 spiro atoms. The van der Waals surface area contributed by atoms with Crippen LogP contribution in [0.25, 0.3) is 0 Å². The Balaban J connectivity index is 1.98. The Morgan fingerprint density at radius 3 is 2.65 bits per heavy atom. The Kier molecular flexibility index (Phi) is 3.43. The highest BCUT2D eigenvalue weighted by molar-refractivity contribution is 5.71. The molecule has 1 aromatic rings. The molecule has 2 rings (SSSR count). The molecule has 1 aliphatic carbocycles. The highest BCUT2D eigenvalue weighted by atomic mass is 16.5. The Morgan fingerprint density at radius 1 is 1.47 bits per heavy atom. The van der Waals surface area contributed by atoms with Crippen molar-refractivity contribution < 1.29 is 9.53 Å². The number of carbonyl (C=O) groups is 1. The predicted octanol–water partition coefficient (Wildman–Crippen LogP) is 2.70. The van der Waals surface area contributed by atoms with Crippen LogP contribution in [0.1, 0.15) is 36.3 Å². The average molecular weight is 229 g/mol. The molecule has 0 heterocycles. The summed E-state index contributed by atoms with van der Waals surface area (Å²) in [6, 6.07) is 9.86. The summed E-state index contributed by atoms with van der Waals surface area (Å²) in [5.74, 6) is -0.665. The molecule has 1 atom stereocenters. The number of esters is 1. The van der Waals surface area contributed by atoms with Gasteiger partial charge in [0.15, 0.2) is 0 Å². The summed E-state index contributed by atoms with van der Waals surface area (Å²) in [4.78, 5) is 11.5. The van der Waals surface area contributed by atoms with E-state index < -0.39 is 5.92 Å². The molecule has 1 aliphatic rings. The van der Waals surface area contributed by atoms with Gasteiger partial charge in [0.2, 0.25) is 0 Å². The maximum atomic E-state index is 11.5. The smallest absolute Gasteiger partial charge is 0.307 e. The number of nitrogens with zero attached hydrogens (tertiary/aromatic N) is 1. The monoisotopic (exact) mass is 229 g/mol. The summed E-state index contributed by atoms with van der Waals surface area (Å²) >= 11 is 0. The normalized spacial score (nSPS) is 16.0. The summed E-state index contributed by atoms with van der Waals surface area (Å²) in [6.45, 7) is 1.99. The van der Waals surface area contributed by atoms with E-state index in [2.05, 4.69) is 6.07 Å². The van der Waals surface area contributed by atoms with Crippen molar-refractivity contribution in [3.63, 3.8) is 0 Å². The fraction of sp³-hybridized carbons (Fsp3) is 0.429.